The molecule has 1 saturated carbocycles. The number of nitrogens with zero attached hydrogens (tertiary/aromatic N) is 3. The van der Waals surface area contributed by atoms with E-state index in [1.807, 2.05) is 0 Å². The number of hydrogen-bond donors (Lipinski definition) is 0. The van der Waals surface area contributed by atoms with E-state index in [4.69, 9.17) is 0 Å². The lowest BCUT2D eigenvalue weighted by molar-refractivity contribution is -0.896. The fourth-order valence-electron chi connectivity index (χ4n) is 7.55. The maximum Gasteiger partial charge on any atom is 0.0785 e. The van der Waals surface area contributed by atoms with E-state index in [2.05, 4.69) is 100 Å². The van der Waals surface area contributed by atoms with Crippen LogP contribution in [0.5, 0.6) is 0 Å². The molecular formula is C39H82N3+. The molecule has 0 N–H and O–H groups in total. The molecule has 4 rings (SSSR count). The highest BCUT2D eigenvalue weighted by Gasteiger charge is 2.27. The summed E-state index contributed by atoms with van der Waals surface area (Å²) in [7, 11) is 6.91. The fraction of sp³-hybridized carbons (Fsp3) is 1.00. The Bertz CT molecular complexity index is 604. The minimum atomic E-state index is 0.748. The van der Waals surface area contributed by atoms with Gasteiger partial charge in [-0.3, -0.25) is 0 Å². The normalized spacial score (nSPS) is 23.9. The van der Waals surface area contributed by atoms with Crippen molar-refractivity contribution < 1.29 is 4.48 Å². The number of piperidine rings is 3. The van der Waals surface area contributed by atoms with Gasteiger partial charge in [-0.25, -0.2) is 0 Å². The Kier molecular flexibility index (Phi) is 19.8. The van der Waals surface area contributed by atoms with Gasteiger partial charge in [0.15, 0.2) is 0 Å². The van der Waals surface area contributed by atoms with E-state index >= 15 is 0 Å². The van der Waals surface area contributed by atoms with E-state index in [-0.39, 0.29) is 0 Å². The predicted molar refractivity (Wildman–Crippen MR) is 190 cm³/mol. The highest BCUT2D eigenvalue weighted by molar-refractivity contribution is 4.76. The molecule has 0 spiro atoms. The van der Waals surface area contributed by atoms with Gasteiger partial charge in [0.05, 0.1) is 27.2 Å². The molecule has 0 aromatic rings. The molecule has 0 bridgehead atoms. The molecule has 0 aromatic heterocycles. The summed E-state index contributed by atoms with van der Waals surface area (Å²) >= 11 is 0. The van der Waals surface area contributed by atoms with Crippen LogP contribution in [0.25, 0.3) is 0 Å². The van der Waals surface area contributed by atoms with Gasteiger partial charge in [-0.2, -0.15) is 0 Å². The number of rotatable bonds is 5. The molecule has 0 atom stereocenters. The van der Waals surface area contributed by atoms with Gasteiger partial charge in [0.1, 0.15) is 0 Å². The first-order valence-electron chi connectivity index (χ1n) is 18.9. The monoisotopic (exact) mass is 593 g/mol. The van der Waals surface area contributed by atoms with E-state index in [1.54, 1.807) is 0 Å². The van der Waals surface area contributed by atoms with Crippen molar-refractivity contribution >= 4 is 0 Å². The molecule has 4 aliphatic rings. The molecule has 252 valence electrons. The van der Waals surface area contributed by atoms with Crippen molar-refractivity contribution in [1.29, 1.82) is 0 Å². The Morgan fingerprint density at radius 1 is 0.452 bits per heavy atom. The van der Waals surface area contributed by atoms with Crippen molar-refractivity contribution in [3.05, 3.63) is 0 Å². The Labute approximate surface area is 267 Å². The van der Waals surface area contributed by atoms with Gasteiger partial charge >= 0.3 is 0 Å². The Hall–Kier alpha value is -0.120. The molecule has 42 heavy (non-hydrogen) atoms. The van der Waals surface area contributed by atoms with Crippen LogP contribution in [-0.4, -0.2) is 80.7 Å². The smallest absolute Gasteiger partial charge is 0.0785 e. The second-order valence-corrected chi connectivity index (χ2v) is 17.2. The van der Waals surface area contributed by atoms with Crippen molar-refractivity contribution in [3.63, 3.8) is 0 Å². The zero-order chi connectivity index (χ0) is 31.9. The summed E-state index contributed by atoms with van der Waals surface area (Å²) in [4.78, 5) is 5.03. The van der Waals surface area contributed by atoms with E-state index in [0.29, 0.717) is 0 Å². The quantitative estimate of drug-likeness (QED) is 0.293. The van der Waals surface area contributed by atoms with E-state index < -0.39 is 0 Å². The predicted octanol–water partition coefficient (Wildman–Crippen LogP) is 10.1. The Morgan fingerprint density at radius 2 is 0.786 bits per heavy atom. The highest BCUT2D eigenvalue weighted by atomic mass is 15.3. The van der Waals surface area contributed by atoms with Gasteiger partial charge < -0.3 is 14.3 Å². The van der Waals surface area contributed by atoms with Gasteiger partial charge in [0, 0.05) is 6.04 Å². The van der Waals surface area contributed by atoms with Crippen LogP contribution in [-0.2, 0) is 0 Å². The standard InChI is InChI=1S/C11H23N.C10H22N.C9H19N.C9H18/c1-9(2)11-5-7-12(8-6-11)10(3)4;1-9(2)10-5-7-11(3,4)8-6-10;1-8(2)9-4-6-10(3)7-5-9;1-8(2)9-6-4-3-5-7-9/h9-11H,5-8H2,1-4H3;9-10H,5-8H2,1-4H3;8-9H,4-7H2,1-3H3;8-9H,3-7H2,1-2H3/q;+1;;. The lowest BCUT2D eigenvalue weighted by Gasteiger charge is -2.38. The molecule has 0 aromatic carbocycles. The largest absolute Gasteiger partial charge is 0.328 e. The lowest BCUT2D eigenvalue weighted by Crippen LogP contribution is -2.46. The van der Waals surface area contributed by atoms with Crippen molar-refractivity contribution in [3.8, 4) is 0 Å². The van der Waals surface area contributed by atoms with Gasteiger partial charge in [-0.1, -0.05) is 87.5 Å². The van der Waals surface area contributed by atoms with Crippen molar-refractivity contribution in [2.45, 2.75) is 146 Å². The fourth-order valence-corrected chi connectivity index (χ4v) is 7.55. The average molecular weight is 593 g/mol. The zero-order valence-corrected chi connectivity index (χ0v) is 31.6. The van der Waals surface area contributed by atoms with Crippen LogP contribution in [0.3, 0.4) is 0 Å². The van der Waals surface area contributed by atoms with Crippen molar-refractivity contribution in [2.24, 2.45) is 47.3 Å². The zero-order valence-electron chi connectivity index (χ0n) is 31.6. The van der Waals surface area contributed by atoms with Gasteiger partial charge in [-0.05, 0) is 133 Å². The van der Waals surface area contributed by atoms with Crippen LogP contribution in [0.4, 0.5) is 0 Å². The topological polar surface area (TPSA) is 6.48 Å². The van der Waals surface area contributed by atoms with Crippen LogP contribution in [0.1, 0.15) is 140 Å². The molecule has 3 aliphatic heterocycles. The molecule has 0 radical (unpaired) electrons. The first kappa shape index (κ1) is 39.9. The van der Waals surface area contributed by atoms with Crippen LogP contribution < -0.4 is 0 Å². The third kappa shape index (κ3) is 16.8. The summed E-state index contributed by atoms with van der Waals surface area (Å²) < 4.78 is 1.24. The first-order valence-corrected chi connectivity index (χ1v) is 18.9. The maximum absolute atomic E-state index is 2.60. The summed E-state index contributed by atoms with van der Waals surface area (Å²) in [6.07, 6.45) is 16.0. The maximum atomic E-state index is 2.60. The second-order valence-electron chi connectivity index (χ2n) is 17.2. The number of hydrogen-bond acceptors (Lipinski definition) is 2. The Morgan fingerprint density at radius 3 is 1.12 bits per heavy atom. The summed E-state index contributed by atoms with van der Waals surface area (Å²) in [6, 6.07) is 0.748. The molecule has 4 fully saturated rings. The Balaban J connectivity index is 0.000000281. The lowest BCUT2D eigenvalue weighted by atomic mass is 9.82. The molecule has 1 aliphatic carbocycles. The van der Waals surface area contributed by atoms with E-state index in [9.17, 15) is 0 Å². The summed E-state index contributed by atoms with van der Waals surface area (Å²) in [5, 5.41) is 0. The summed E-state index contributed by atoms with van der Waals surface area (Å²) in [6.45, 7) is 31.4. The van der Waals surface area contributed by atoms with Gasteiger partial charge in [0.2, 0.25) is 0 Å². The molecular weight excluding hydrogens is 510 g/mol. The van der Waals surface area contributed by atoms with Crippen LogP contribution in [0, 0.1) is 47.3 Å². The molecule has 3 heteroatoms. The van der Waals surface area contributed by atoms with Gasteiger partial charge in [-0.15, -0.1) is 0 Å². The molecule has 3 heterocycles. The third-order valence-electron chi connectivity index (χ3n) is 11.7. The molecule has 3 saturated heterocycles. The highest BCUT2D eigenvalue weighted by Crippen LogP contribution is 2.29. The number of likely N-dealkylation sites (tertiary alicyclic amines) is 3. The molecule has 0 unspecified atom stereocenters. The minimum Gasteiger partial charge on any atom is -0.328 e. The third-order valence-corrected chi connectivity index (χ3v) is 11.7. The van der Waals surface area contributed by atoms with Crippen LogP contribution >= 0.6 is 0 Å². The number of quaternary nitrogens is 1. The summed E-state index contributed by atoms with van der Waals surface area (Å²) in [5.74, 6) is 7.66. The molecule has 3 nitrogen and oxygen atoms in total. The molecule has 0 amide bonds. The summed E-state index contributed by atoms with van der Waals surface area (Å²) in [5.41, 5.74) is 0. The SMILES string of the molecule is CC(C)C1CCCCC1.CC(C)C1CCN(C(C)C)CC1.CC(C)C1CCN(C)CC1.CC(C)C1CC[N+](C)(C)CC1. The average Bonchev–Trinajstić information content (AvgIpc) is 2.94. The minimum absolute atomic E-state index is 0.748. The van der Waals surface area contributed by atoms with E-state index in [0.717, 1.165) is 53.4 Å². The van der Waals surface area contributed by atoms with E-state index in [1.165, 1.54) is 114 Å². The van der Waals surface area contributed by atoms with Crippen molar-refractivity contribution in [2.75, 3.05) is 60.4 Å². The second kappa shape index (κ2) is 20.8. The van der Waals surface area contributed by atoms with Crippen molar-refractivity contribution in [1.82, 2.24) is 9.80 Å². The van der Waals surface area contributed by atoms with Crippen LogP contribution in [0.15, 0.2) is 0 Å². The van der Waals surface area contributed by atoms with Gasteiger partial charge in [0.25, 0.3) is 0 Å². The first-order chi connectivity index (χ1) is 19.6. The van der Waals surface area contributed by atoms with Crippen LogP contribution in [0.2, 0.25) is 0 Å².